The molecule has 0 radical (unpaired) electrons. The molecular formula is C67H112O12. The zero-order chi connectivity index (χ0) is 57.5. The first kappa shape index (κ1) is 72.9. The molecule has 12 heteroatoms. The Morgan fingerprint density at radius 3 is 1.30 bits per heavy atom. The lowest BCUT2D eigenvalue weighted by atomic mass is 9.98. The summed E-state index contributed by atoms with van der Waals surface area (Å²) in [6, 6.07) is 0. The zero-order valence-corrected chi connectivity index (χ0v) is 49.8. The molecule has 0 bridgehead atoms. The van der Waals surface area contributed by atoms with Crippen molar-refractivity contribution in [1.29, 1.82) is 0 Å². The molecule has 3 N–H and O–H groups in total. The van der Waals surface area contributed by atoms with Gasteiger partial charge in [0, 0.05) is 19.3 Å². The van der Waals surface area contributed by atoms with Crippen molar-refractivity contribution >= 4 is 23.9 Å². The predicted octanol–water partition coefficient (Wildman–Crippen LogP) is 16.7. The van der Waals surface area contributed by atoms with Crippen LogP contribution >= 0.6 is 0 Å². The molecule has 0 amide bonds. The quantitative estimate of drug-likeness (QED) is 0.0228. The first-order valence-electron chi connectivity index (χ1n) is 31.6. The molecule has 452 valence electrons. The Kier molecular flexibility index (Phi) is 50.3. The summed E-state index contributed by atoms with van der Waals surface area (Å²) in [7, 11) is 0. The second kappa shape index (κ2) is 54.5. The van der Waals surface area contributed by atoms with Gasteiger partial charge in [-0.1, -0.05) is 247 Å². The summed E-state index contributed by atoms with van der Waals surface area (Å²) in [5, 5.41) is 31.5. The Morgan fingerprint density at radius 1 is 0.430 bits per heavy atom. The minimum atomic E-state index is -1.92. The highest BCUT2D eigenvalue weighted by atomic mass is 16.7. The van der Waals surface area contributed by atoms with Gasteiger partial charge in [0.2, 0.25) is 0 Å². The maximum absolute atomic E-state index is 13.2. The number of rotatable bonds is 53. The van der Waals surface area contributed by atoms with Crippen molar-refractivity contribution in [3.63, 3.8) is 0 Å². The molecule has 0 aromatic heterocycles. The summed E-state index contributed by atoms with van der Waals surface area (Å²) >= 11 is 0. The van der Waals surface area contributed by atoms with Crippen LogP contribution in [0.1, 0.15) is 265 Å². The van der Waals surface area contributed by atoms with Gasteiger partial charge in [-0.15, -0.1) is 0 Å². The fourth-order valence-electron chi connectivity index (χ4n) is 9.15. The van der Waals surface area contributed by atoms with Gasteiger partial charge in [0.05, 0.1) is 6.61 Å². The van der Waals surface area contributed by atoms with E-state index in [1.807, 2.05) is 12.2 Å². The van der Waals surface area contributed by atoms with E-state index in [2.05, 4.69) is 93.7 Å². The Labute approximate surface area is 480 Å². The number of ether oxygens (including phenoxy) is 5. The van der Waals surface area contributed by atoms with Crippen molar-refractivity contribution in [1.82, 2.24) is 0 Å². The van der Waals surface area contributed by atoms with Gasteiger partial charge in [-0.05, 0) is 83.5 Å². The SMILES string of the molecule is CC/C=C\C/C=C\C/C=C\C/C=C\C/C=C\CCCC(=O)OC(COC(=O)CCCCCCCCCCCCCCCCCCCCC)COC1OC(C(=O)O)C(O)C(O)C1OC(=O)CCCCCCC/C=C\C/C=C\CCC. The van der Waals surface area contributed by atoms with Gasteiger partial charge < -0.3 is 39.0 Å². The highest BCUT2D eigenvalue weighted by molar-refractivity contribution is 5.74. The molecular weight excluding hydrogens is 997 g/mol. The molecule has 6 atom stereocenters. The molecule has 0 saturated carbocycles. The predicted molar refractivity (Wildman–Crippen MR) is 321 cm³/mol. The number of allylic oxidation sites excluding steroid dienone is 14. The van der Waals surface area contributed by atoms with Crippen LogP contribution in [0.3, 0.4) is 0 Å². The van der Waals surface area contributed by atoms with E-state index in [-0.39, 0.29) is 25.9 Å². The zero-order valence-electron chi connectivity index (χ0n) is 49.8. The van der Waals surface area contributed by atoms with Gasteiger partial charge in [-0.25, -0.2) is 4.79 Å². The van der Waals surface area contributed by atoms with Crippen molar-refractivity contribution in [2.45, 2.75) is 302 Å². The van der Waals surface area contributed by atoms with E-state index in [1.165, 1.54) is 96.3 Å². The molecule has 1 aliphatic heterocycles. The second-order valence-electron chi connectivity index (χ2n) is 21.3. The van der Waals surface area contributed by atoms with Gasteiger partial charge in [0.15, 0.2) is 24.6 Å². The van der Waals surface area contributed by atoms with Crippen LogP contribution in [0, 0.1) is 0 Å². The monoisotopic (exact) mass is 1110 g/mol. The Morgan fingerprint density at radius 2 is 0.835 bits per heavy atom. The van der Waals surface area contributed by atoms with Crippen LogP contribution in [0.4, 0.5) is 0 Å². The van der Waals surface area contributed by atoms with Crippen LogP contribution in [-0.4, -0.2) is 89.2 Å². The van der Waals surface area contributed by atoms with E-state index < -0.39 is 67.3 Å². The average Bonchev–Trinajstić information content (AvgIpc) is 3.46. The number of carbonyl (C=O) groups is 4. The van der Waals surface area contributed by atoms with Gasteiger partial charge in [0.25, 0.3) is 0 Å². The lowest BCUT2D eigenvalue weighted by Crippen LogP contribution is -2.61. The first-order valence-corrected chi connectivity index (χ1v) is 31.6. The number of unbranched alkanes of at least 4 members (excludes halogenated alkanes) is 25. The highest BCUT2D eigenvalue weighted by Gasteiger charge is 2.50. The standard InChI is InChI=1S/C67H112O12/c1-4-7-10-13-16-19-22-25-27-29-30-32-33-36-38-41-44-47-50-53-59(68)75-56-58(77-60(69)54-51-48-45-42-40-37-34-31-28-26-23-20-17-14-11-8-5-2)57-76-67-65(63(72)62(71)64(79-67)66(73)74)78-61(70)55-52-49-46-43-39-35-24-21-18-15-12-9-6-3/h8,11-12,15,17,20-21,24,26,28,34,37,42,45,58,62-65,67,71-72H,4-7,9-10,13-14,16,18-19,22-23,25,27,29-33,35-36,38-41,43-44,46-57H2,1-3H3,(H,73,74)/b11-8-,15-12-,20-17-,24-21-,28-26-,37-34-,45-42-. The number of aliphatic carboxylic acids is 1. The number of hydrogen-bond donors (Lipinski definition) is 3. The number of aliphatic hydroxyl groups excluding tert-OH is 2. The summed E-state index contributed by atoms with van der Waals surface area (Å²) in [4.78, 5) is 51.2. The fourth-order valence-corrected chi connectivity index (χ4v) is 9.15. The summed E-state index contributed by atoms with van der Waals surface area (Å²) < 4.78 is 28.4. The maximum atomic E-state index is 13.2. The average molecular weight is 1110 g/mol. The Bertz CT molecular complexity index is 1700. The maximum Gasteiger partial charge on any atom is 0.335 e. The smallest absolute Gasteiger partial charge is 0.335 e. The minimum absolute atomic E-state index is 0.0354. The van der Waals surface area contributed by atoms with Crippen molar-refractivity contribution in [3.05, 3.63) is 85.1 Å². The van der Waals surface area contributed by atoms with Gasteiger partial charge >= 0.3 is 23.9 Å². The van der Waals surface area contributed by atoms with Crippen LogP contribution in [0.15, 0.2) is 85.1 Å². The number of carboxylic acids is 1. The normalized spacial score (nSPS) is 18.4. The number of carboxylic acid groups (broad SMARTS) is 1. The molecule has 0 aliphatic carbocycles. The summed E-state index contributed by atoms with van der Waals surface area (Å²) in [5.74, 6) is -3.21. The Hall–Kier alpha value is -4.10. The molecule has 1 saturated heterocycles. The van der Waals surface area contributed by atoms with Crippen molar-refractivity contribution in [2.75, 3.05) is 13.2 Å². The van der Waals surface area contributed by atoms with Crippen LogP contribution in [0.5, 0.6) is 0 Å². The van der Waals surface area contributed by atoms with E-state index in [0.717, 1.165) is 103 Å². The minimum Gasteiger partial charge on any atom is -0.479 e. The lowest BCUT2D eigenvalue weighted by molar-refractivity contribution is -0.301. The lowest BCUT2D eigenvalue weighted by Gasteiger charge is -2.40. The molecule has 12 nitrogen and oxygen atoms in total. The third-order valence-electron chi connectivity index (χ3n) is 13.9. The topological polar surface area (TPSA) is 175 Å². The molecule has 79 heavy (non-hydrogen) atoms. The van der Waals surface area contributed by atoms with Crippen molar-refractivity contribution < 1.29 is 58.2 Å². The number of esters is 3. The third kappa shape index (κ3) is 44.3. The molecule has 0 aromatic rings. The number of hydrogen-bond acceptors (Lipinski definition) is 11. The van der Waals surface area contributed by atoms with Gasteiger partial charge in [-0.2, -0.15) is 0 Å². The fraction of sp³-hybridized carbons (Fsp3) is 0.731. The van der Waals surface area contributed by atoms with Crippen molar-refractivity contribution in [3.8, 4) is 0 Å². The highest BCUT2D eigenvalue weighted by Crippen LogP contribution is 2.26. The first-order chi connectivity index (χ1) is 38.6. The van der Waals surface area contributed by atoms with E-state index >= 15 is 0 Å². The molecule has 1 fully saturated rings. The molecule has 6 unspecified atom stereocenters. The van der Waals surface area contributed by atoms with E-state index in [4.69, 9.17) is 23.7 Å². The van der Waals surface area contributed by atoms with Gasteiger partial charge in [-0.3, -0.25) is 14.4 Å². The number of carbonyl (C=O) groups excluding carboxylic acids is 3. The summed E-state index contributed by atoms with van der Waals surface area (Å²) in [6.45, 7) is 5.78. The molecule has 1 rings (SSSR count). The van der Waals surface area contributed by atoms with E-state index in [0.29, 0.717) is 25.7 Å². The second-order valence-corrected chi connectivity index (χ2v) is 21.3. The van der Waals surface area contributed by atoms with Crippen LogP contribution in [-0.2, 0) is 42.9 Å². The largest absolute Gasteiger partial charge is 0.479 e. The van der Waals surface area contributed by atoms with Crippen LogP contribution < -0.4 is 0 Å². The Balaban J connectivity index is 2.70. The van der Waals surface area contributed by atoms with E-state index in [9.17, 15) is 34.5 Å². The van der Waals surface area contributed by atoms with E-state index in [1.54, 1.807) is 0 Å². The summed E-state index contributed by atoms with van der Waals surface area (Å²) in [5.41, 5.74) is 0. The third-order valence-corrected chi connectivity index (χ3v) is 13.9. The molecule has 0 spiro atoms. The van der Waals surface area contributed by atoms with Crippen LogP contribution in [0.25, 0.3) is 0 Å². The van der Waals surface area contributed by atoms with Crippen molar-refractivity contribution in [2.24, 2.45) is 0 Å². The van der Waals surface area contributed by atoms with Gasteiger partial charge in [0.1, 0.15) is 18.8 Å². The number of aliphatic hydroxyl groups is 2. The molecule has 1 aliphatic rings. The molecule has 0 aromatic carbocycles. The van der Waals surface area contributed by atoms with Crippen LogP contribution in [0.2, 0.25) is 0 Å². The summed E-state index contributed by atoms with van der Waals surface area (Å²) in [6.07, 6.45) is 58.5. The molecule has 1 heterocycles.